The molecule has 0 radical (unpaired) electrons. The van der Waals surface area contributed by atoms with Crippen molar-refractivity contribution < 1.29 is 9.59 Å². The molecule has 0 fully saturated rings. The summed E-state index contributed by atoms with van der Waals surface area (Å²) in [5, 5.41) is 0. The molecule has 2 heteroatoms. The summed E-state index contributed by atoms with van der Waals surface area (Å²) in [6, 6.07) is 24.3. The van der Waals surface area contributed by atoms with Gasteiger partial charge < -0.3 is 0 Å². The number of Topliss-reactive ketones (excluding diaryl/α,β-unsaturated/α-hetero) is 2. The van der Waals surface area contributed by atoms with Crippen LogP contribution in [0.3, 0.4) is 0 Å². The van der Waals surface area contributed by atoms with E-state index in [-0.39, 0.29) is 0 Å². The summed E-state index contributed by atoms with van der Waals surface area (Å²) in [4.78, 5) is 25.1. The number of hydrogen-bond acceptors (Lipinski definition) is 2. The van der Waals surface area contributed by atoms with Crippen LogP contribution in [0, 0.1) is 0 Å². The molecule has 0 N–H and O–H groups in total. The van der Waals surface area contributed by atoms with Crippen molar-refractivity contribution in [3.8, 4) is 0 Å². The molecule has 128 valence electrons. The first-order chi connectivity index (χ1) is 12.7. The topological polar surface area (TPSA) is 34.1 Å². The van der Waals surface area contributed by atoms with Crippen LogP contribution in [-0.4, -0.2) is 11.6 Å². The zero-order valence-electron chi connectivity index (χ0n) is 14.7. The highest BCUT2D eigenvalue weighted by atomic mass is 16.2. The largest absolute Gasteiger partial charge is 0.285 e. The summed E-state index contributed by atoms with van der Waals surface area (Å²) >= 11 is 0. The Kier molecular flexibility index (Phi) is 5.55. The average molecular weight is 340 g/mol. The number of rotatable bonds is 6. The molecule has 3 aromatic carbocycles. The van der Waals surface area contributed by atoms with Gasteiger partial charge >= 0.3 is 0 Å². The fraction of sp³-hybridized carbons (Fsp3) is 0.0833. The first-order valence-electron chi connectivity index (χ1n) is 8.69. The van der Waals surface area contributed by atoms with E-state index < -0.39 is 11.6 Å². The van der Waals surface area contributed by atoms with Crippen molar-refractivity contribution in [2.75, 3.05) is 0 Å². The van der Waals surface area contributed by atoms with Gasteiger partial charge in [0.2, 0.25) is 11.6 Å². The van der Waals surface area contributed by atoms with Gasteiger partial charge in [0, 0.05) is 11.1 Å². The highest BCUT2D eigenvalue weighted by molar-refractivity contribution is 6.49. The zero-order chi connectivity index (χ0) is 18.4. The van der Waals surface area contributed by atoms with E-state index in [0.717, 1.165) is 16.7 Å². The average Bonchev–Trinajstić information content (AvgIpc) is 2.72. The highest BCUT2D eigenvalue weighted by Gasteiger charge is 2.20. The summed E-state index contributed by atoms with van der Waals surface area (Å²) in [6.07, 6.45) is 4.74. The third kappa shape index (κ3) is 4.04. The molecule has 0 heterocycles. The molecule has 0 saturated carbocycles. The second-order valence-corrected chi connectivity index (χ2v) is 6.04. The maximum absolute atomic E-state index is 12.6. The Labute approximate surface area is 153 Å². The summed E-state index contributed by atoms with van der Waals surface area (Å²) < 4.78 is 0. The highest BCUT2D eigenvalue weighted by Crippen LogP contribution is 2.18. The van der Waals surface area contributed by atoms with Gasteiger partial charge in [-0.15, -0.1) is 0 Å². The molecule has 0 amide bonds. The molecule has 0 aliphatic heterocycles. The van der Waals surface area contributed by atoms with Gasteiger partial charge in [0.05, 0.1) is 0 Å². The van der Waals surface area contributed by atoms with Crippen molar-refractivity contribution in [3.05, 3.63) is 107 Å². The molecule has 0 aromatic heterocycles. The van der Waals surface area contributed by atoms with E-state index in [2.05, 4.69) is 0 Å². The Morgan fingerprint density at radius 1 is 0.731 bits per heavy atom. The van der Waals surface area contributed by atoms with Gasteiger partial charge in [-0.2, -0.15) is 0 Å². The van der Waals surface area contributed by atoms with Gasteiger partial charge in [0.25, 0.3) is 0 Å². The fourth-order valence-corrected chi connectivity index (χ4v) is 2.83. The fourth-order valence-electron chi connectivity index (χ4n) is 2.83. The lowest BCUT2D eigenvalue weighted by molar-refractivity contribution is 0.0816. The predicted molar refractivity (Wildman–Crippen MR) is 106 cm³/mol. The van der Waals surface area contributed by atoms with E-state index in [4.69, 9.17) is 0 Å². The standard InChI is InChI=1S/C24H20O2/c1-2-20-17-19(14-13-18-9-5-3-6-10-18)15-16-22(20)24(26)23(25)21-11-7-4-8-12-21/h3-17H,2H2,1H3. The second kappa shape index (κ2) is 8.21. The molecule has 0 atom stereocenters. The molecular formula is C24H20O2. The summed E-state index contributed by atoms with van der Waals surface area (Å²) in [7, 11) is 0. The minimum atomic E-state index is -0.465. The minimum Gasteiger partial charge on any atom is -0.285 e. The van der Waals surface area contributed by atoms with Gasteiger partial charge in [-0.05, 0) is 23.1 Å². The molecule has 0 aliphatic carbocycles. The number of ketones is 2. The molecule has 0 bridgehead atoms. The van der Waals surface area contributed by atoms with E-state index in [1.807, 2.05) is 67.6 Å². The maximum atomic E-state index is 12.6. The second-order valence-electron chi connectivity index (χ2n) is 6.04. The van der Waals surface area contributed by atoms with Crippen molar-refractivity contribution >= 4 is 23.7 Å². The van der Waals surface area contributed by atoms with E-state index in [1.165, 1.54) is 0 Å². The van der Waals surface area contributed by atoms with Gasteiger partial charge in [0.1, 0.15) is 0 Å². The normalized spacial score (nSPS) is 10.8. The van der Waals surface area contributed by atoms with Crippen molar-refractivity contribution in [1.82, 2.24) is 0 Å². The summed E-state index contributed by atoms with van der Waals surface area (Å²) in [5.41, 5.74) is 3.92. The molecule has 0 aliphatic rings. The van der Waals surface area contributed by atoms with Crippen LogP contribution in [0.25, 0.3) is 12.2 Å². The molecule has 3 aromatic rings. The Morgan fingerprint density at radius 3 is 2.00 bits per heavy atom. The Balaban J connectivity index is 1.86. The van der Waals surface area contributed by atoms with Crippen LogP contribution in [0.4, 0.5) is 0 Å². The van der Waals surface area contributed by atoms with Crippen molar-refractivity contribution in [1.29, 1.82) is 0 Å². The van der Waals surface area contributed by atoms with E-state index >= 15 is 0 Å². The molecule has 26 heavy (non-hydrogen) atoms. The van der Waals surface area contributed by atoms with E-state index in [9.17, 15) is 9.59 Å². The van der Waals surface area contributed by atoms with Crippen molar-refractivity contribution in [3.63, 3.8) is 0 Å². The smallest absolute Gasteiger partial charge is 0.233 e. The Bertz CT molecular complexity index is 938. The van der Waals surface area contributed by atoms with Gasteiger partial charge in [0.15, 0.2) is 0 Å². The quantitative estimate of drug-likeness (QED) is 0.338. The first-order valence-corrected chi connectivity index (χ1v) is 8.69. The van der Waals surface area contributed by atoms with Gasteiger partial charge in [-0.1, -0.05) is 97.9 Å². The molecule has 0 spiro atoms. The minimum absolute atomic E-state index is 0.424. The van der Waals surface area contributed by atoms with Crippen LogP contribution < -0.4 is 0 Å². The number of aryl methyl sites for hydroxylation is 1. The van der Waals surface area contributed by atoms with Gasteiger partial charge in [-0.25, -0.2) is 0 Å². The van der Waals surface area contributed by atoms with E-state index in [0.29, 0.717) is 17.5 Å². The van der Waals surface area contributed by atoms with E-state index in [1.54, 1.807) is 30.3 Å². The predicted octanol–water partition coefficient (Wildman–Crippen LogP) is 5.49. The number of hydrogen-bond donors (Lipinski definition) is 0. The van der Waals surface area contributed by atoms with Crippen molar-refractivity contribution in [2.24, 2.45) is 0 Å². The summed E-state index contributed by atoms with van der Waals surface area (Å²) in [5.74, 6) is -0.917. The number of benzene rings is 3. The monoisotopic (exact) mass is 340 g/mol. The lowest BCUT2D eigenvalue weighted by Gasteiger charge is -2.08. The Hall–Kier alpha value is -3.26. The SMILES string of the molecule is CCc1cc(C=Cc2ccccc2)ccc1C(=O)C(=O)c1ccccc1. The molecule has 2 nitrogen and oxygen atoms in total. The molecule has 3 rings (SSSR count). The molecule has 0 saturated heterocycles. The third-order valence-electron chi connectivity index (χ3n) is 4.26. The lowest BCUT2D eigenvalue weighted by atomic mass is 9.94. The third-order valence-corrected chi connectivity index (χ3v) is 4.26. The summed E-state index contributed by atoms with van der Waals surface area (Å²) in [6.45, 7) is 1.99. The first kappa shape index (κ1) is 17.6. The van der Waals surface area contributed by atoms with Crippen LogP contribution in [0.2, 0.25) is 0 Å². The maximum Gasteiger partial charge on any atom is 0.233 e. The van der Waals surface area contributed by atoms with Crippen LogP contribution in [0.15, 0.2) is 78.9 Å². The molecular weight excluding hydrogens is 320 g/mol. The van der Waals surface area contributed by atoms with Crippen LogP contribution in [0.1, 0.15) is 44.3 Å². The van der Waals surface area contributed by atoms with Crippen LogP contribution in [0.5, 0.6) is 0 Å². The Morgan fingerprint density at radius 2 is 1.35 bits per heavy atom. The lowest BCUT2D eigenvalue weighted by Crippen LogP contribution is -2.16. The van der Waals surface area contributed by atoms with Gasteiger partial charge in [-0.3, -0.25) is 9.59 Å². The number of carbonyl (C=O) groups excluding carboxylic acids is 2. The van der Waals surface area contributed by atoms with Crippen LogP contribution >= 0.6 is 0 Å². The number of carbonyl (C=O) groups is 2. The molecule has 0 unspecified atom stereocenters. The van der Waals surface area contributed by atoms with Crippen molar-refractivity contribution in [2.45, 2.75) is 13.3 Å². The van der Waals surface area contributed by atoms with Crippen LogP contribution in [-0.2, 0) is 6.42 Å². The zero-order valence-corrected chi connectivity index (χ0v) is 14.7.